The normalized spacial score (nSPS) is 10.2. The fourth-order valence-electron chi connectivity index (χ4n) is 2.04. The number of hydrogen-bond acceptors (Lipinski definition) is 2. The first-order chi connectivity index (χ1) is 9.52. The second-order valence-electron chi connectivity index (χ2n) is 4.89. The summed E-state index contributed by atoms with van der Waals surface area (Å²) < 4.78 is 5.25. The number of hydrogen-bond donors (Lipinski definition) is 1. The van der Waals surface area contributed by atoms with Crippen LogP contribution < -0.4 is 10.1 Å². The summed E-state index contributed by atoms with van der Waals surface area (Å²) >= 11 is 0. The van der Waals surface area contributed by atoms with Crippen LogP contribution in [0.4, 0.5) is 5.69 Å². The molecule has 104 valence electrons. The van der Waals surface area contributed by atoms with Gasteiger partial charge in [0.1, 0.15) is 5.75 Å². The minimum atomic E-state index is -0.128. The smallest absolute Gasteiger partial charge is 0.255 e. The molecule has 0 aromatic heterocycles. The summed E-state index contributed by atoms with van der Waals surface area (Å²) in [5.74, 6) is 0.593. The average molecular weight is 269 g/mol. The van der Waals surface area contributed by atoms with Crippen LogP contribution in [0.2, 0.25) is 0 Å². The Morgan fingerprint density at radius 1 is 1.05 bits per heavy atom. The molecule has 0 unspecified atom stereocenters. The van der Waals surface area contributed by atoms with Gasteiger partial charge in [0.15, 0.2) is 0 Å². The summed E-state index contributed by atoms with van der Waals surface area (Å²) in [6.45, 7) is 5.98. The quantitative estimate of drug-likeness (QED) is 0.918. The molecule has 0 saturated heterocycles. The number of carbonyl (C=O) groups is 1. The van der Waals surface area contributed by atoms with Gasteiger partial charge in [-0.1, -0.05) is 18.2 Å². The molecule has 1 N–H and O–H groups in total. The lowest BCUT2D eigenvalue weighted by Crippen LogP contribution is -2.13. The number of benzene rings is 2. The van der Waals surface area contributed by atoms with E-state index in [1.807, 2.05) is 45.0 Å². The first-order valence-electron chi connectivity index (χ1n) is 6.55. The SMILES string of the molecule is COc1cc(C(=O)Nc2cccc(C)c2C)ccc1C. The summed E-state index contributed by atoms with van der Waals surface area (Å²) in [5, 5.41) is 2.94. The van der Waals surface area contributed by atoms with E-state index >= 15 is 0 Å². The van der Waals surface area contributed by atoms with Crippen molar-refractivity contribution in [3.05, 3.63) is 58.7 Å². The highest BCUT2D eigenvalue weighted by molar-refractivity contribution is 6.05. The molecule has 0 radical (unpaired) electrons. The maximum absolute atomic E-state index is 12.3. The highest BCUT2D eigenvalue weighted by Crippen LogP contribution is 2.22. The molecule has 0 bridgehead atoms. The van der Waals surface area contributed by atoms with E-state index in [1.54, 1.807) is 19.2 Å². The van der Waals surface area contributed by atoms with Gasteiger partial charge in [0.25, 0.3) is 5.91 Å². The van der Waals surface area contributed by atoms with Crippen molar-refractivity contribution >= 4 is 11.6 Å². The van der Waals surface area contributed by atoms with Crippen LogP contribution in [0.5, 0.6) is 5.75 Å². The predicted molar refractivity (Wildman–Crippen MR) is 81.6 cm³/mol. The maximum atomic E-state index is 12.3. The third-order valence-corrected chi connectivity index (χ3v) is 3.52. The van der Waals surface area contributed by atoms with Gasteiger partial charge in [-0.15, -0.1) is 0 Å². The summed E-state index contributed by atoms with van der Waals surface area (Å²) in [5.41, 5.74) is 4.68. The molecule has 0 aliphatic rings. The zero-order valence-electron chi connectivity index (χ0n) is 12.3. The molecule has 0 atom stereocenters. The standard InChI is InChI=1S/C17H19NO2/c1-11-6-5-7-15(13(11)3)18-17(19)14-9-8-12(2)16(10-14)20-4/h5-10H,1-4H3,(H,18,19). The van der Waals surface area contributed by atoms with Gasteiger partial charge in [-0.2, -0.15) is 0 Å². The van der Waals surface area contributed by atoms with Crippen LogP contribution in [-0.4, -0.2) is 13.0 Å². The van der Waals surface area contributed by atoms with Gasteiger partial charge in [0.05, 0.1) is 7.11 Å². The molecule has 2 rings (SSSR count). The molecule has 2 aromatic rings. The van der Waals surface area contributed by atoms with E-state index in [2.05, 4.69) is 5.32 Å². The maximum Gasteiger partial charge on any atom is 0.255 e. The van der Waals surface area contributed by atoms with E-state index in [4.69, 9.17) is 4.74 Å². The van der Waals surface area contributed by atoms with Crippen molar-refractivity contribution in [2.24, 2.45) is 0 Å². The number of methoxy groups -OCH3 is 1. The second-order valence-corrected chi connectivity index (χ2v) is 4.89. The average Bonchev–Trinajstić information content (AvgIpc) is 2.44. The highest BCUT2D eigenvalue weighted by Gasteiger charge is 2.10. The molecule has 20 heavy (non-hydrogen) atoms. The Labute approximate surface area is 119 Å². The molecule has 1 amide bonds. The van der Waals surface area contributed by atoms with E-state index in [0.717, 1.165) is 28.1 Å². The summed E-state index contributed by atoms with van der Waals surface area (Å²) in [6.07, 6.45) is 0. The van der Waals surface area contributed by atoms with E-state index < -0.39 is 0 Å². The number of anilines is 1. The van der Waals surface area contributed by atoms with Crippen molar-refractivity contribution in [3.8, 4) is 5.75 Å². The lowest BCUT2D eigenvalue weighted by Gasteiger charge is -2.11. The minimum absolute atomic E-state index is 0.128. The third kappa shape index (κ3) is 2.82. The van der Waals surface area contributed by atoms with E-state index in [-0.39, 0.29) is 5.91 Å². The van der Waals surface area contributed by atoms with Gasteiger partial charge in [-0.3, -0.25) is 4.79 Å². The molecule has 0 aliphatic heterocycles. The van der Waals surface area contributed by atoms with E-state index in [9.17, 15) is 4.79 Å². The van der Waals surface area contributed by atoms with Crippen LogP contribution in [0, 0.1) is 20.8 Å². The minimum Gasteiger partial charge on any atom is -0.496 e. The fourth-order valence-corrected chi connectivity index (χ4v) is 2.04. The van der Waals surface area contributed by atoms with Gasteiger partial charge in [-0.05, 0) is 55.7 Å². The van der Waals surface area contributed by atoms with Gasteiger partial charge in [0.2, 0.25) is 0 Å². The third-order valence-electron chi connectivity index (χ3n) is 3.52. The van der Waals surface area contributed by atoms with Crippen LogP contribution in [0.25, 0.3) is 0 Å². The van der Waals surface area contributed by atoms with E-state index in [1.165, 1.54) is 0 Å². The Balaban J connectivity index is 2.26. The number of ether oxygens (including phenoxy) is 1. The fraction of sp³-hybridized carbons (Fsp3) is 0.235. The van der Waals surface area contributed by atoms with Crippen LogP contribution in [-0.2, 0) is 0 Å². The summed E-state index contributed by atoms with van der Waals surface area (Å²) in [4.78, 5) is 12.3. The Morgan fingerprint density at radius 3 is 2.50 bits per heavy atom. The molecule has 0 aliphatic carbocycles. The summed E-state index contributed by atoms with van der Waals surface area (Å²) in [6, 6.07) is 11.3. The Morgan fingerprint density at radius 2 is 1.80 bits per heavy atom. The molecule has 0 fully saturated rings. The zero-order chi connectivity index (χ0) is 14.7. The van der Waals surface area contributed by atoms with Crippen molar-refractivity contribution in [3.63, 3.8) is 0 Å². The molecule has 0 saturated carbocycles. The second kappa shape index (κ2) is 5.78. The van der Waals surface area contributed by atoms with Crippen LogP contribution in [0.1, 0.15) is 27.0 Å². The van der Waals surface area contributed by atoms with Gasteiger partial charge in [-0.25, -0.2) is 0 Å². The number of rotatable bonds is 3. The molecule has 3 nitrogen and oxygen atoms in total. The Hall–Kier alpha value is -2.29. The molecule has 3 heteroatoms. The zero-order valence-corrected chi connectivity index (χ0v) is 12.3. The van der Waals surface area contributed by atoms with Crippen LogP contribution in [0.15, 0.2) is 36.4 Å². The lowest BCUT2D eigenvalue weighted by molar-refractivity contribution is 0.102. The molecule has 0 spiro atoms. The molecule has 2 aromatic carbocycles. The highest BCUT2D eigenvalue weighted by atomic mass is 16.5. The van der Waals surface area contributed by atoms with Crippen molar-refractivity contribution < 1.29 is 9.53 Å². The van der Waals surface area contributed by atoms with E-state index in [0.29, 0.717) is 5.56 Å². The molecule has 0 heterocycles. The summed E-state index contributed by atoms with van der Waals surface area (Å²) in [7, 11) is 1.61. The Kier molecular flexibility index (Phi) is 4.08. The van der Waals surface area contributed by atoms with Crippen molar-refractivity contribution in [2.75, 3.05) is 12.4 Å². The first kappa shape index (κ1) is 14.1. The molecular formula is C17H19NO2. The largest absolute Gasteiger partial charge is 0.496 e. The first-order valence-corrected chi connectivity index (χ1v) is 6.55. The monoisotopic (exact) mass is 269 g/mol. The van der Waals surface area contributed by atoms with Crippen molar-refractivity contribution in [1.82, 2.24) is 0 Å². The van der Waals surface area contributed by atoms with Crippen molar-refractivity contribution in [1.29, 1.82) is 0 Å². The lowest BCUT2D eigenvalue weighted by atomic mass is 10.1. The van der Waals surface area contributed by atoms with Gasteiger partial charge in [0, 0.05) is 11.3 Å². The van der Waals surface area contributed by atoms with Gasteiger partial charge < -0.3 is 10.1 Å². The number of aryl methyl sites for hydroxylation is 2. The molecular weight excluding hydrogens is 250 g/mol. The topological polar surface area (TPSA) is 38.3 Å². The van der Waals surface area contributed by atoms with Crippen molar-refractivity contribution in [2.45, 2.75) is 20.8 Å². The number of carbonyl (C=O) groups excluding carboxylic acids is 1. The number of amides is 1. The Bertz CT molecular complexity index is 647. The van der Waals surface area contributed by atoms with Crippen LogP contribution in [0.3, 0.4) is 0 Å². The number of nitrogens with one attached hydrogen (secondary N) is 1. The van der Waals surface area contributed by atoms with Crippen LogP contribution >= 0.6 is 0 Å². The van der Waals surface area contributed by atoms with Gasteiger partial charge >= 0.3 is 0 Å². The predicted octanol–water partition coefficient (Wildman–Crippen LogP) is 3.87.